The molecule has 3 amide bonds. The third kappa shape index (κ3) is 5.02. The predicted molar refractivity (Wildman–Crippen MR) is 132 cm³/mol. The number of likely N-dealkylation sites (tertiary alicyclic amines) is 1. The maximum absolute atomic E-state index is 14.3. The molecule has 1 aliphatic carbocycles. The first-order chi connectivity index (χ1) is 18.0. The van der Waals surface area contributed by atoms with Gasteiger partial charge in [0.1, 0.15) is 23.9 Å². The number of hydrogen-bond acceptors (Lipinski definition) is 5. The molecule has 1 unspecified atom stereocenters. The van der Waals surface area contributed by atoms with Gasteiger partial charge in [0.2, 0.25) is 11.8 Å². The van der Waals surface area contributed by atoms with E-state index in [1.807, 2.05) is 19.9 Å². The second kappa shape index (κ2) is 9.47. The molecule has 2 aliphatic rings. The van der Waals surface area contributed by atoms with Gasteiger partial charge in [0.05, 0.1) is 6.07 Å². The maximum Gasteiger partial charge on any atom is 0.471 e. The van der Waals surface area contributed by atoms with E-state index in [1.54, 1.807) is 11.4 Å². The van der Waals surface area contributed by atoms with Crippen LogP contribution in [0.3, 0.4) is 0 Å². The van der Waals surface area contributed by atoms with Crippen LogP contribution < -0.4 is 10.6 Å². The van der Waals surface area contributed by atoms with Crippen molar-refractivity contribution in [3.63, 3.8) is 0 Å². The van der Waals surface area contributed by atoms with Gasteiger partial charge in [-0.1, -0.05) is 46.8 Å². The fourth-order valence-electron chi connectivity index (χ4n) is 5.66. The lowest BCUT2D eigenvalue weighted by atomic mass is 9.85. The lowest BCUT2D eigenvalue weighted by Crippen LogP contribution is -2.60. The van der Waals surface area contributed by atoms with E-state index in [2.05, 4.69) is 10.3 Å². The van der Waals surface area contributed by atoms with Crippen molar-refractivity contribution in [1.29, 1.82) is 5.26 Å². The highest BCUT2D eigenvalue weighted by Crippen LogP contribution is 2.65. The van der Waals surface area contributed by atoms with Crippen molar-refractivity contribution in [3.8, 4) is 6.07 Å². The highest BCUT2D eigenvalue weighted by Gasteiger charge is 2.70. The highest BCUT2D eigenvalue weighted by molar-refractivity contribution is 5.95. The molecule has 5 atom stereocenters. The minimum atomic E-state index is -5.19. The first kappa shape index (κ1) is 28.3. The van der Waals surface area contributed by atoms with Crippen LogP contribution in [0.1, 0.15) is 46.2 Å². The zero-order valence-electron chi connectivity index (χ0n) is 22.1. The van der Waals surface area contributed by atoms with Gasteiger partial charge in [-0.2, -0.15) is 18.4 Å². The number of rotatable bonds is 5. The number of piperidine rings is 1. The zero-order chi connectivity index (χ0) is 29.1. The standard InChI is InChI=1S/C27H29F4N5O3/c1-25(2,3)21(35-24(39)27(29,30)31)23(38)36-12-16-19(26(16,4)5)20(36)22(37)34-18(9-32)15-11-33-10-14-13(15)7-6-8-17(14)28/h6-8,10-11,16,18-21H,12H2,1-5H3,(H,34,37)(H,35,39)/t16-,18?,19-,20-,21+/m0/s1. The molecule has 2 N–H and O–H groups in total. The number of fused-ring (bicyclic) bond motifs is 2. The average Bonchev–Trinajstić information content (AvgIpc) is 3.16. The first-order valence-electron chi connectivity index (χ1n) is 12.4. The number of nitrogens with zero attached hydrogens (tertiary/aromatic N) is 3. The Labute approximate surface area is 222 Å². The molecule has 1 aliphatic heterocycles. The summed E-state index contributed by atoms with van der Waals surface area (Å²) in [6, 6.07) is 2.41. The summed E-state index contributed by atoms with van der Waals surface area (Å²) >= 11 is 0. The van der Waals surface area contributed by atoms with E-state index in [9.17, 15) is 37.2 Å². The highest BCUT2D eigenvalue weighted by atomic mass is 19.4. The van der Waals surface area contributed by atoms with E-state index >= 15 is 0 Å². The van der Waals surface area contributed by atoms with Gasteiger partial charge < -0.3 is 15.5 Å². The normalized spacial score (nSPS) is 23.4. The third-order valence-electron chi connectivity index (χ3n) is 7.91. The molecular formula is C27H29F4N5O3. The zero-order valence-corrected chi connectivity index (χ0v) is 22.1. The van der Waals surface area contributed by atoms with Crippen molar-refractivity contribution < 1.29 is 31.9 Å². The molecule has 2 fully saturated rings. The van der Waals surface area contributed by atoms with Crippen molar-refractivity contribution in [2.75, 3.05) is 6.54 Å². The maximum atomic E-state index is 14.3. The Morgan fingerprint density at radius 2 is 1.79 bits per heavy atom. The van der Waals surface area contributed by atoms with Crippen LogP contribution in [0.4, 0.5) is 17.6 Å². The number of benzene rings is 1. The number of alkyl halides is 3. The molecular weight excluding hydrogens is 518 g/mol. The van der Waals surface area contributed by atoms with E-state index in [1.165, 1.54) is 50.2 Å². The number of nitriles is 1. The lowest BCUT2D eigenvalue weighted by molar-refractivity contribution is -0.176. The van der Waals surface area contributed by atoms with E-state index in [0.29, 0.717) is 5.39 Å². The van der Waals surface area contributed by atoms with Crippen molar-refractivity contribution in [2.24, 2.45) is 22.7 Å². The molecule has 8 nitrogen and oxygen atoms in total. The van der Waals surface area contributed by atoms with Crippen LogP contribution in [0.2, 0.25) is 0 Å². The van der Waals surface area contributed by atoms with Gasteiger partial charge in [-0.15, -0.1) is 0 Å². The van der Waals surface area contributed by atoms with Crippen LogP contribution in [0.5, 0.6) is 0 Å². The van der Waals surface area contributed by atoms with Crippen LogP contribution in [-0.2, 0) is 14.4 Å². The van der Waals surface area contributed by atoms with Crippen LogP contribution >= 0.6 is 0 Å². The number of pyridine rings is 1. The quantitative estimate of drug-likeness (QED) is 0.555. The van der Waals surface area contributed by atoms with Crippen molar-refractivity contribution in [1.82, 2.24) is 20.5 Å². The minimum Gasteiger partial charge on any atom is -0.336 e. The number of nitrogens with one attached hydrogen (secondary N) is 2. The number of carbonyl (C=O) groups excluding carboxylic acids is 3. The average molecular weight is 548 g/mol. The number of hydrogen-bond donors (Lipinski definition) is 2. The Kier molecular flexibility index (Phi) is 6.86. The van der Waals surface area contributed by atoms with E-state index in [4.69, 9.17) is 0 Å². The smallest absolute Gasteiger partial charge is 0.336 e. The summed E-state index contributed by atoms with van der Waals surface area (Å²) in [4.78, 5) is 44.2. The van der Waals surface area contributed by atoms with Gasteiger partial charge in [-0.05, 0) is 34.1 Å². The molecule has 1 saturated carbocycles. The van der Waals surface area contributed by atoms with Crippen LogP contribution in [0.15, 0.2) is 30.6 Å². The molecule has 1 saturated heterocycles. The van der Waals surface area contributed by atoms with Gasteiger partial charge >= 0.3 is 12.1 Å². The topological polar surface area (TPSA) is 115 Å². The second-order valence-corrected chi connectivity index (χ2v) is 11.8. The summed E-state index contributed by atoms with van der Waals surface area (Å²) in [7, 11) is 0. The monoisotopic (exact) mass is 547 g/mol. The Hall–Kier alpha value is -3.75. The van der Waals surface area contributed by atoms with Gasteiger partial charge in [0.25, 0.3) is 0 Å². The number of aromatic nitrogens is 1. The Balaban J connectivity index is 1.64. The Morgan fingerprint density at radius 1 is 1.13 bits per heavy atom. The molecule has 208 valence electrons. The van der Waals surface area contributed by atoms with Crippen LogP contribution in [0, 0.1) is 39.8 Å². The summed E-state index contributed by atoms with van der Waals surface area (Å²) in [5.74, 6) is -4.68. The fourth-order valence-corrected chi connectivity index (χ4v) is 5.66. The van der Waals surface area contributed by atoms with Crippen molar-refractivity contribution >= 4 is 28.5 Å². The molecule has 1 aromatic heterocycles. The van der Waals surface area contributed by atoms with E-state index < -0.39 is 53.3 Å². The van der Waals surface area contributed by atoms with Gasteiger partial charge in [0.15, 0.2) is 0 Å². The molecule has 12 heteroatoms. The summed E-state index contributed by atoms with van der Waals surface area (Å²) in [5.41, 5.74) is -1.16. The van der Waals surface area contributed by atoms with E-state index in [0.717, 1.165) is 0 Å². The Morgan fingerprint density at radius 3 is 2.38 bits per heavy atom. The van der Waals surface area contributed by atoms with Gasteiger partial charge in [-0.25, -0.2) is 4.39 Å². The molecule has 0 spiro atoms. The third-order valence-corrected chi connectivity index (χ3v) is 7.91. The summed E-state index contributed by atoms with van der Waals surface area (Å²) in [6.07, 6.45) is -2.54. The largest absolute Gasteiger partial charge is 0.471 e. The second-order valence-electron chi connectivity index (χ2n) is 11.8. The van der Waals surface area contributed by atoms with Crippen LogP contribution in [-0.4, -0.2) is 52.4 Å². The Bertz CT molecular complexity index is 1380. The van der Waals surface area contributed by atoms with Gasteiger partial charge in [0, 0.05) is 29.9 Å². The lowest BCUT2D eigenvalue weighted by Gasteiger charge is -2.37. The predicted octanol–water partition coefficient (Wildman–Crippen LogP) is 3.63. The summed E-state index contributed by atoms with van der Waals surface area (Å²) in [5, 5.41) is 14.9. The first-order valence-corrected chi connectivity index (χ1v) is 12.4. The number of amides is 3. The number of carbonyl (C=O) groups is 3. The fraction of sp³-hybridized carbons (Fsp3) is 0.519. The molecule has 39 heavy (non-hydrogen) atoms. The molecule has 2 aromatic rings. The SMILES string of the molecule is CC(C)(C)[C@H](NC(=O)C(F)(F)F)C(=O)N1C[C@H]2[C@@H]([C@H]1C(=O)NC(C#N)c1cncc3c(F)cccc13)C2(C)C. The van der Waals surface area contributed by atoms with Crippen LogP contribution in [0.25, 0.3) is 10.8 Å². The summed E-state index contributed by atoms with van der Waals surface area (Å²) < 4.78 is 53.4. The molecule has 0 radical (unpaired) electrons. The molecule has 4 rings (SSSR count). The number of halogens is 4. The molecule has 1 aromatic carbocycles. The minimum absolute atomic E-state index is 0.0926. The van der Waals surface area contributed by atoms with E-state index in [-0.39, 0.29) is 34.7 Å². The van der Waals surface area contributed by atoms with Gasteiger partial charge in [-0.3, -0.25) is 19.4 Å². The molecule has 2 heterocycles. The van der Waals surface area contributed by atoms with Crippen molar-refractivity contribution in [3.05, 3.63) is 42.0 Å². The van der Waals surface area contributed by atoms with Crippen molar-refractivity contribution in [2.45, 2.75) is 58.9 Å². The molecule has 0 bridgehead atoms. The summed E-state index contributed by atoms with van der Waals surface area (Å²) in [6.45, 7) is 8.51.